The summed E-state index contributed by atoms with van der Waals surface area (Å²) in [4.78, 5) is 7.99. The second-order valence-electron chi connectivity index (χ2n) is 8.69. The maximum Gasteiger partial charge on any atom is 0.123 e. The first-order valence-corrected chi connectivity index (χ1v) is 12.6. The molecule has 1 aromatic carbocycles. The van der Waals surface area contributed by atoms with Crippen LogP contribution in [0, 0.1) is 0 Å². The van der Waals surface area contributed by atoms with Crippen molar-refractivity contribution >= 4 is 11.8 Å². The van der Waals surface area contributed by atoms with Crippen molar-refractivity contribution in [3.8, 4) is 5.75 Å². The van der Waals surface area contributed by atoms with Crippen LogP contribution in [0.25, 0.3) is 0 Å². The van der Waals surface area contributed by atoms with Crippen LogP contribution in [-0.2, 0) is 17.8 Å². The molecule has 0 bridgehead atoms. The average molecular weight is 420 g/mol. The molecule has 2 atom stereocenters. The lowest BCUT2D eigenvalue weighted by atomic mass is 10.0. The van der Waals surface area contributed by atoms with Crippen molar-refractivity contribution in [2.24, 2.45) is 0 Å². The smallest absolute Gasteiger partial charge is 0.123 e. The van der Waals surface area contributed by atoms with Gasteiger partial charge >= 0.3 is 0 Å². The van der Waals surface area contributed by atoms with Gasteiger partial charge in [-0.25, -0.2) is 0 Å². The standard InChI is InChI=1S/C23H37N3O2S/c1-27-23-6-5-19(14-20(23)16-24-9-11-28-12-10-24)15-26-18-21-4-3-8-25(21)17-22(26)7-13-29-2/h5-6,14,21-22H,3-4,7-13,15-18H2,1-2H3/t21-,22-/m0/s1. The van der Waals surface area contributed by atoms with Crippen molar-refractivity contribution in [2.45, 2.75) is 44.4 Å². The highest BCUT2D eigenvalue weighted by atomic mass is 32.2. The molecule has 0 saturated carbocycles. The Kier molecular flexibility index (Phi) is 7.76. The van der Waals surface area contributed by atoms with Crippen molar-refractivity contribution in [2.75, 3.05) is 65.1 Å². The number of rotatable bonds is 8. The monoisotopic (exact) mass is 419 g/mol. The Balaban J connectivity index is 1.46. The molecule has 0 aromatic heterocycles. The molecule has 3 aliphatic rings. The first-order chi connectivity index (χ1) is 14.3. The summed E-state index contributed by atoms with van der Waals surface area (Å²) in [6, 6.07) is 8.29. The molecule has 0 amide bonds. The van der Waals surface area contributed by atoms with E-state index in [4.69, 9.17) is 9.47 Å². The lowest BCUT2D eigenvalue weighted by Gasteiger charge is -2.44. The number of hydrogen-bond donors (Lipinski definition) is 0. The van der Waals surface area contributed by atoms with E-state index in [2.05, 4.69) is 39.2 Å². The van der Waals surface area contributed by atoms with Crippen LogP contribution in [0.5, 0.6) is 5.75 Å². The van der Waals surface area contributed by atoms with E-state index in [1.165, 1.54) is 55.8 Å². The van der Waals surface area contributed by atoms with Crippen LogP contribution in [0.2, 0.25) is 0 Å². The predicted octanol–water partition coefficient (Wildman–Crippen LogP) is 2.93. The van der Waals surface area contributed by atoms with Crippen molar-refractivity contribution in [3.05, 3.63) is 29.3 Å². The van der Waals surface area contributed by atoms with Crippen LogP contribution in [0.4, 0.5) is 0 Å². The number of methoxy groups -OCH3 is 1. The van der Waals surface area contributed by atoms with E-state index in [0.29, 0.717) is 6.04 Å². The molecule has 4 rings (SSSR count). The highest BCUT2D eigenvalue weighted by Crippen LogP contribution is 2.29. The molecule has 0 aliphatic carbocycles. The molecular weight excluding hydrogens is 382 g/mol. The minimum absolute atomic E-state index is 0.682. The van der Waals surface area contributed by atoms with E-state index >= 15 is 0 Å². The molecular formula is C23H37N3O2S. The Hall–Kier alpha value is -0.790. The number of fused-ring (bicyclic) bond motifs is 1. The second kappa shape index (κ2) is 10.5. The summed E-state index contributed by atoms with van der Waals surface area (Å²) in [6.45, 7) is 9.49. The molecule has 1 aromatic rings. The van der Waals surface area contributed by atoms with Crippen LogP contribution in [-0.4, -0.2) is 91.8 Å². The minimum atomic E-state index is 0.682. The van der Waals surface area contributed by atoms with Gasteiger partial charge in [-0.3, -0.25) is 14.7 Å². The van der Waals surface area contributed by atoms with E-state index < -0.39 is 0 Å². The first-order valence-electron chi connectivity index (χ1n) is 11.2. The molecule has 5 nitrogen and oxygen atoms in total. The Labute approximate surface area is 180 Å². The minimum Gasteiger partial charge on any atom is -0.496 e. The van der Waals surface area contributed by atoms with Gasteiger partial charge in [-0.15, -0.1) is 0 Å². The molecule has 0 spiro atoms. The Bertz CT molecular complexity index is 653. The third kappa shape index (κ3) is 5.47. The number of morpholine rings is 1. The fourth-order valence-corrected chi connectivity index (χ4v) is 5.67. The largest absolute Gasteiger partial charge is 0.496 e. The number of thioether (sulfide) groups is 1. The zero-order chi connectivity index (χ0) is 20.1. The molecule has 3 fully saturated rings. The number of piperazine rings is 1. The van der Waals surface area contributed by atoms with Crippen molar-refractivity contribution in [3.63, 3.8) is 0 Å². The van der Waals surface area contributed by atoms with Gasteiger partial charge < -0.3 is 9.47 Å². The quantitative estimate of drug-likeness (QED) is 0.643. The van der Waals surface area contributed by atoms with Gasteiger partial charge in [0.15, 0.2) is 0 Å². The molecule has 29 heavy (non-hydrogen) atoms. The van der Waals surface area contributed by atoms with E-state index in [1.807, 2.05) is 11.8 Å². The third-order valence-electron chi connectivity index (χ3n) is 6.79. The number of hydrogen-bond acceptors (Lipinski definition) is 6. The molecule has 3 aliphatic heterocycles. The molecule has 0 unspecified atom stereocenters. The summed E-state index contributed by atoms with van der Waals surface area (Å²) in [6.07, 6.45) is 6.27. The Morgan fingerprint density at radius 2 is 2.00 bits per heavy atom. The van der Waals surface area contributed by atoms with Gasteiger partial charge in [0, 0.05) is 56.9 Å². The van der Waals surface area contributed by atoms with Gasteiger partial charge in [0.25, 0.3) is 0 Å². The van der Waals surface area contributed by atoms with Crippen LogP contribution in [0.15, 0.2) is 18.2 Å². The predicted molar refractivity (Wildman–Crippen MR) is 121 cm³/mol. The summed E-state index contributed by atoms with van der Waals surface area (Å²) in [5, 5.41) is 0. The number of nitrogens with zero attached hydrogens (tertiary/aromatic N) is 3. The molecule has 0 N–H and O–H groups in total. The number of ether oxygens (including phenoxy) is 2. The van der Waals surface area contributed by atoms with Gasteiger partial charge in [-0.2, -0.15) is 11.8 Å². The molecule has 6 heteroatoms. The highest BCUT2D eigenvalue weighted by molar-refractivity contribution is 7.98. The lowest BCUT2D eigenvalue weighted by molar-refractivity contribution is 0.0337. The fourth-order valence-electron chi connectivity index (χ4n) is 5.16. The SMILES string of the molecule is COc1ccc(CN2C[C@@H]3CCCN3C[C@@H]2CCSC)cc1CN1CCOCC1. The van der Waals surface area contributed by atoms with Crippen LogP contribution < -0.4 is 4.74 Å². The van der Waals surface area contributed by atoms with E-state index in [0.717, 1.165) is 51.2 Å². The zero-order valence-corrected chi connectivity index (χ0v) is 19.0. The molecule has 0 radical (unpaired) electrons. The van der Waals surface area contributed by atoms with Crippen molar-refractivity contribution in [1.82, 2.24) is 14.7 Å². The molecule has 3 saturated heterocycles. The lowest BCUT2D eigenvalue weighted by Crippen LogP contribution is -2.55. The zero-order valence-electron chi connectivity index (χ0n) is 18.1. The van der Waals surface area contributed by atoms with Gasteiger partial charge in [0.2, 0.25) is 0 Å². The van der Waals surface area contributed by atoms with Gasteiger partial charge in [0.1, 0.15) is 5.75 Å². The van der Waals surface area contributed by atoms with Crippen LogP contribution in [0.3, 0.4) is 0 Å². The van der Waals surface area contributed by atoms with Gasteiger partial charge in [-0.1, -0.05) is 6.07 Å². The maximum absolute atomic E-state index is 5.68. The van der Waals surface area contributed by atoms with E-state index in [9.17, 15) is 0 Å². The van der Waals surface area contributed by atoms with Crippen molar-refractivity contribution < 1.29 is 9.47 Å². The van der Waals surface area contributed by atoms with Crippen LogP contribution in [0.1, 0.15) is 30.4 Å². The normalized spacial score (nSPS) is 26.6. The topological polar surface area (TPSA) is 28.2 Å². The molecule has 3 heterocycles. The van der Waals surface area contributed by atoms with Gasteiger partial charge in [0.05, 0.1) is 20.3 Å². The fraction of sp³-hybridized carbons (Fsp3) is 0.739. The number of benzene rings is 1. The first kappa shape index (κ1) is 21.4. The third-order valence-corrected chi connectivity index (χ3v) is 7.43. The van der Waals surface area contributed by atoms with Crippen molar-refractivity contribution in [1.29, 1.82) is 0 Å². The van der Waals surface area contributed by atoms with Crippen LogP contribution >= 0.6 is 11.8 Å². The summed E-state index contributed by atoms with van der Waals surface area (Å²) in [5.74, 6) is 2.27. The second-order valence-corrected chi connectivity index (χ2v) is 9.68. The Morgan fingerprint density at radius 3 is 2.79 bits per heavy atom. The highest BCUT2D eigenvalue weighted by Gasteiger charge is 2.35. The molecule has 162 valence electrons. The maximum atomic E-state index is 5.68. The average Bonchev–Trinajstić information content (AvgIpc) is 3.20. The summed E-state index contributed by atoms with van der Waals surface area (Å²) in [5.41, 5.74) is 2.74. The Morgan fingerprint density at radius 1 is 1.14 bits per heavy atom. The summed E-state index contributed by atoms with van der Waals surface area (Å²) < 4.78 is 11.2. The summed E-state index contributed by atoms with van der Waals surface area (Å²) >= 11 is 1.98. The summed E-state index contributed by atoms with van der Waals surface area (Å²) in [7, 11) is 1.79. The van der Waals surface area contributed by atoms with E-state index in [1.54, 1.807) is 7.11 Å². The van der Waals surface area contributed by atoms with Gasteiger partial charge in [-0.05, 0) is 55.5 Å². The van der Waals surface area contributed by atoms with E-state index in [-0.39, 0.29) is 0 Å².